The highest BCUT2D eigenvalue weighted by molar-refractivity contribution is 5.91. The number of benzene rings is 3. The van der Waals surface area contributed by atoms with Gasteiger partial charge in [-0.1, -0.05) is 69.3 Å². The van der Waals surface area contributed by atoms with Crippen LogP contribution in [0.4, 0.5) is 0 Å². The Morgan fingerprint density at radius 1 is 1.05 bits per heavy atom. The van der Waals surface area contributed by atoms with E-state index in [0.29, 0.717) is 28.3 Å². The first kappa shape index (κ1) is 23.6. The van der Waals surface area contributed by atoms with Crippen molar-refractivity contribution in [3.8, 4) is 17.6 Å². The summed E-state index contributed by atoms with van der Waals surface area (Å²) >= 11 is 0. The van der Waals surface area contributed by atoms with Gasteiger partial charge in [-0.3, -0.25) is 0 Å². The van der Waals surface area contributed by atoms with E-state index in [4.69, 9.17) is 14.5 Å². The second kappa shape index (κ2) is 8.66. The Morgan fingerprint density at radius 2 is 1.84 bits per heavy atom. The van der Waals surface area contributed by atoms with E-state index in [1.807, 2.05) is 42.7 Å². The summed E-state index contributed by atoms with van der Waals surface area (Å²) in [4.78, 5) is 7.26. The number of aliphatic imine (C=N–C) groups is 1. The number of ether oxygens (including phenoxy) is 2. The molecule has 0 radical (unpaired) electrons. The normalized spacial score (nSPS) is 26.2. The van der Waals surface area contributed by atoms with E-state index in [1.165, 1.54) is 12.8 Å². The number of fused-ring (bicyclic) bond motifs is 5. The van der Waals surface area contributed by atoms with Crippen LogP contribution in [0.1, 0.15) is 57.1 Å². The van der Waals surface area contributed by atoms with Gasteiger partial charge < -0.3 is 14.4 Å². The minimum Gasteiger partial charge on any atom is -0.497 e. The van der Waals surface area contributed by atoms with Crippen molar-refractivity contribution in [2.45, 2.75) is 52.0 Å². The Balaban J connectivity index is 1.45. The standard InChI is InChI=1S/C32H33N3O2/c1-31(2)15-23-16-32(3,18-31)19-35(23)20-34-30-27(17-33)28(22-9-12-24(36-4)13-10-22)26-14-11-21-7-5-6-8-25(21)29(26)37-30/h5-14,20,23,28H,15-16,18-19H2,1-4H3. The van der Waals surface area contributed by atoms with Crippen LogP contribution >= 0.6 is 0 Å². The third-order valence-corrected chi connectivity index (χ3v) is 8.29. The molecule has 0 N–H and O–H groups in total. The zero-order chi connectivity index (χ0) is 25.8. The molecular formula is C32H33N3O2. The highest BCUT2D eigenvalue weighted by Crippen LogP contribution is 2.52. The summed E-state index contributed by atoms with van der Waals surface area (Å²) < 4.78 is 11.9. The molecule has 3 unspecified atom stereocenters. The van der Waals surface area contributed by atoms with Crippen molar-refractivity contribution in [2.75, 3.05) is 13.7 Å². The van der Waals surface area contributed by atoms with E-state index in [2.05, 4.69) is 56.0 Å². The van der Waals surface area contributed by atoms with E-state index in [-0.39, 0.29) is 5.92 Å². The fraction of sp³-hybridized carbons (Fsp3) is 0.375. The Hall–Kier alpha value is -3.78. The van der Waals surface area contributed by atoms with Crippen LogP contribution in [0.3, 0.4) is 0 Å². The van der Waals surface area contributed by atoms with Crippen LogP contribution in [0, 0.1) is 22.2 Å². The summed E-state index contributed by atoms with van der Waals surface area (Å²) in [7, 11) is 1.66. The van der Waals surface area contributed by atoms with Gasteiger partial charge in [0.25, 0.3) is 0 Å². The zero-order valence-corrected chi connectivity index (χ0v) is 22.0. The van der Waals surface area contributed by atoms with Crippen LogP contribution < -0.4 is 9.47 Å². The van der Waals surface area contributed by atoms with Crippen LogP contribution in [0.15, 0.2) is 77.1 Å². The van der Waals surface area contributed by atoms with Crippen molar-refractivity contribution in [3.63, 3.8) is 0 Å². The fourth-order valence-corrected chi connectivity index (χ4v) is 7.15. The highest BCUT2D eigenvalue weighted by Gasteiger charge is 2.49. The predicted molar refractivity (Wildman–Crippen MR) is 147 cm³/mol. The Bertz CT molecular complexity index is 1460. The largest absolute Gasteiger partial charge is 0.497 e. The van der Waals surface area contributed by atoms with Gasteiger partial charge in [0.15, 0.2) is 0 Å². The molecule has 1 aliphatic carbocycles. The SMILES string of the molecule is COc1ccc(C2C(C#N)=C(N=CN3CC4(C)CC3CC(C)(C)C4)Oc3c2ccc2ccccc32)cc1. The lowest BCUT2D eigenvalue weighted by molar-refractivity contribution is 0.133. The van der Waals surface area contributed by atoms with Gasteiger partial charge in [0.2, 0.25) is 5.88 Å². The molecule has 0 spiro atoms. The lowest BCUT2D eigenvalue weighted by Crippen LogP contribution is -2.34. The molecule has 5 heteroatoms. The maximum absolute atomic E-state index is 10.4. The summed E-state index contributed by atoms with van der Waals surface area (Å²) in [5.41, 5.74) is 3.14. The van der Waals surface area contributed by atoms with Crippen LogP contribution in [0.2, 0.25) is 0 Å². The molecule has 37 heavy (non-hydrogen) atoms. The van der Waals surface area contributed by atoms with Crippen molar-refractivity contribution < 1.29 is 9.47 Å². The molecule has 3 atom stereocenters. The van der Waals surface area contributed by atoms with Gasteiger partial charge >= 0.3 is 0 Å². The van der Waals surface area contributed by atoms with Crippen molar-refractivity contribution in [3.05, 3.63) is 83.2 Å². The number of rotatable bonds is 4. The average molecular weight is 492 g/mol. The van der Waals surface area contributed by atoms with E-state index in [9.17, 15) is 5.26 Å². The molecule has 1 saturated heterocycles. The Labute approximate surface area is 219 Å². The molecule has 188 valence electrons. The van der Waals surface area contributed by atoms with Crippen molar-refractivity contribution in [1.29, 1.82) is 5.26 Å². The van der Waals surface area contributed by atoms with Gasteiger partial charge in [-0.15, -0.1) is 0 Å². The third-order valence-electron chi connectivity index (χ3n) is 8.29. The maximum Gasteiger partial charge on any atom is 0.235 e. The molecule has 0 amide bonds. The lowest BCUT2D eigenvalue weighted by atomic mass is 9.65. The zero-order valence-electron chi connectivity index (χ0n) is 22.0. The highest BCUT2D eigenvalue weighted by atomic mass is 16.5. The van der Waals surface area contributed by atoms with Gasteiger partial charge in [-0.2, -0.15) is 5.26 Å². The minimum atomic E-state index is -0.273. The third kappa shape index (κ3) is 4.15. The second-order valence-electron chi connectivity index (χ2n) is 12.0. The first-order chi connectivity index (χ1) is 17.8. The van der Waals surface area contributed by atoms with E-state index >= 15 is 0 Å². The molecule has 2 bridgehead atoms. The molecule has 3 aliphatic rings. The van der Waals surface area contributed by atoms with Crippen LogP contribution in [-0.2, 0) is 0 Å². The Kier molecular flexibility index (Phi) is 5.53. The number of allylic oxidation sites excluding steroid dienone is 1. The summed E-state index contributed by atoms with van der Waals surface area (Å²) in [5.74, 6) is 1.67. The van der Waals surface area contributed by atoms with Gasteiger partial charge in [-0.05, 0) is 53.2 Å². The van der Waals surface area contributed by atoms with Crippen LogP contribution in [0.25, 0.3) is 10.8 Å². The van der Waals surface area contributed by atoms with Gasteiger partial charge in [0, 0.05) is 23.5 Å². The number of hydrogen-bond acceptors (Lipinski definition) is 4. The first-order valence-electron chi connectivity index (χ1n) is 13.1. The number of nitrogens with zero attached hydrogens (tertiary/aromatic N) is 3. The molecule has 2 fully saturated rings. The molecule has 3 aromatic rings. The molecular weight excluding hydrogens is 458 g/mol. The fourth-order valence-electron chi connectivity index (χ4n) is 7.15. The minimum absolute atomic E-state index is 0.273. The van der Waals surface area contributed by atoms with E-state index in [0.717, 1.165) is 46.4 Å². The van der Waals surface area contributed by atoms with Gasteiger partial charge in [0.1, 0.15) is 23.1 Å². The Morgan fingerprint density at radius 3 is 2.59 bits per heavy atom. The van der Waals surface area contributed by atoms with Crippen LogP contribution in [0.5, 0.6) is 11.5 Å². The van der Waals surface area contributed by atoms with Gasteiger partial charge in [-0.25, -0.2) is 4.99 Å². The smallest absolute Gasteiger partial charge is 0.235 e. The van der Waals surface area contributed by atoms with Crippen molar-refractivity contribution in [1.82, 2.24) is 4.90 Å². The average Bonchev–Trinajstić information content (AvgIpc) is 3.13. The summed E-state index contributed by atoms with van der Waals surface area (Å²) in [6.07, 6.45) is 5.50. The molecule has 1 saturated carbocycles. The number of likely N-dealkylation sites (tertiary alicyclic amines) is 1. The van der Waals surface area contributed by atoms with E-state index < -0.39 is 0 Å². The number of hydrogen-bond donors (Lipinski definition) is 0. The molecule has 2 heterocycles. The van der Waals surface area contributed by atoms with Crippen molar-refractivity contribution >= 4 is 17.1 Å². The molecule has 6 rings (SSSR count). The lowest BCUT2D eigenvalue weighted by Gasteiger charge is -2.39. The van der Waals surface area contributed by atoms with Gasteiger partial charge in [0.05, 0.1) is 19.4 Å². The number of nitriles is 1. The van der Waals surface area contributed by atoms with Crippen LogP contribution in [-0.4, -0.2) is 30.9 Å². The maximum atomic E-state index is 10.4. The predicted octanol–water partition coefficient (Wildman–Crippen LogP) is 7.04. The quantitative estimate of drug-likeness (QED) is 0.290. The van der Waals surface area contributed by atoms with Crippen molar-refractivity contribution in [2.24, 2.45) is 15.8 Å². The monoisotopic (exact) mass is 491 g/mol. The topological polar surface area (TPSA) is 57.8 Å². The molecule has 5 nitrogen and oxygen atoms in total. The number of methoxy groups -OCH3 is 1. The molecule has 2 aliphatic heterocycles. The second-order valence-corrected chi connectivity index (χ2v) is 12.0. The molecule has 3 aromatic carbocycles. The molecule has 0 aromatic heterocycles. The summed E-state index contributed by atoms with van der Waals surface area (Å²) in [6.45, 7) is 8.13. The van der Waals surface area contributed by atoms with E-state index in [1.54, 1.807) is 7.11 Å². The summed E-state index contributed by atoms with van der Waals surface area (Å²) in [6, 6.07) is 23.2. The summed E-state index contributed by atoms with van der Waals surface area (Å²) in [5, 5.41) is 12.5. The first-order valence-corrected chi connectivity index (χ1v) is 13.1.